The van der Waals surface area contributed by atoms with Gasteiger partial charge in [-0.3, -0.25) is 4.79 Å². The highest BCUT2D eigenvalue weighted by atomic mass is 19.1. The molecule has 0 bridgehead atoms. The van der Waals surface area contributed by atoms with Gasteiger partial charge in [0.25, 0.3) is 0 Å². The Balaban J connectivity index is 1.48. The summed E-state index contributed by atoms with van der Waals surface area (Å²) in [5, 5.41) is 3.28. The van der Waals surface area contributed by atoms with Crippen molar-refractivity contribution >= 4 is 17.3 Å². The number of piperazine rings is 1. The average molecular weight is 371 g/mol. The molecule has 0 atom stereocenters. The number of nitrogens with zero attached hydrogens (tertiary/aromatic N) is 2. The molecule has 6 heteroatoms. The van der Waals surface area contributed by atoms with Crippen molar-refractivity contribution in [3.05, 3.63) is 53.8 Å². The largest absolute Gasteiger partial charge is 0.495 e. The molecule has 1 saturated heterocycles. The smallest absolute Gasteiger partial charge is 0.224 e. The van der Waals surface area contributed by atoms with Gasteiger partial charge in [0.1, 0.15) is 11.6 Å². The summed E-state index contributed by atoms with van der Waals surface area (Å²) < 4.78 is 19.3. The third-order valence-electron chi connectivity index (χ3n) is 4.83. The zero-order valence-electron chi connectivity index (χ0n) is 15.9. The van der Waals surface area contributed by atoms with Crippen molar-refractivity contribution in [3.8, 4) is 5.75 Å². The van der Waals surface area contributed by atoms with Crippen molar-refractivity contribution in [1.82, 2.24) is 4.90 Å². The maximum absolute atomic E-state index is 13.9. The number of hydrogen-bond donors (Lipinski definition) is 1. The van der Waals surface area contributed by atoms with Gasteiger partial charge in [0.05, 0.1) is 18.5 Å². The van der Waals surface area contributed by atoms with E-state index in [4.69, 9.17) is 4.74 Å². The van der Waals surface area contributed by atoms with E-state index in [2.05, 4.69) is 5.32 Å². The van der Waals surface area contributed by atoms with Gasteiger partial charge in [0.2, 0.25) is 5.91 Å². The summed E-state index contributed by atoms with van der Waals surface area (Å²) in [5.41, 5.74) is 2.64. The number of methoxy groups -OCH3 is 1. The van der Waals surface area contributed by atoms with E-state index < -0.39 is 0 Å². The number of nitrogens with one attached hydrogen (secondary N) is 1. The van der Waals surface area contributed by atoms with Gasteiger partial charge in [0.15, 0.2) is 0 Å². The molecular weight excluding hydrogens is 345 g/mol. The number of rotatable bonds is 6. The van der Waals surface area contributed by atoms with Crippen LogP contribution >= 0.6 is 0 Å². The lowest BCUT2D eigenvalue weighted by Gasteiger charge is -2.36. The molecule has 1 aliphatic heterocycles. The van der Waals surface area contributed by atoms with Crippen LogP contribution in [0.15, 0.2) is 42.5 Å². The average Bonchev–Trinajstić information content (AvgIpc) is 2.68. The highest BCUT2D eigenvalue weighted by molar-refractivity contribution is 5.77. The van der Waals surface area contributed by atoms with Gasteiger partial charge in [-0.1, -0.05) is 18.2 Å². The molecule has 1 fully saturated rings. The van der Waals surface area contributed by atoms with Gasteiger partial charge in [-0.15, -0.1) is 0 Å². The summed E-state index contributed by atoms with van der Waals surface area (Å²) in [6, 6.07) is 12.7. The fraction of sp³-hybridized carbons (Fsp3) is 0.381. The van der Waals surface area contributed by atoms with E-state index >= 15 is 0 Å². The van der Waals surface area contributed by atoms with Crippen molar-refractivity contribution in [3.63, 3.8) is 0 Å². The molecule has 2 aromatic rings. The van der Waals surface area contributed by atoms with Crippen LogP contribution in [0, 0.1) is 12.7 Å². The molecule has 27 heavy (non-hydrogen) atoms. The molecule has 0 unspecified atom stereocenters. The number of carbonyl (C=O) groups excluding carboxylic acids is 1. The van der Waals surface area contributed by atoms with Crippen LogP contribution in [-0.2, 0) is 4.79 Å². The number of aryl methyl sites for hydroxylation is 1. The van der Waals surface area contributed by atoms with E-state index in [0.29, 0.717) is 44.8 Å². The molecule has 3 rings (SSSR count). The number of para-hydroxylation sites is 1. The molecule has 1 aliphatic rings. The van der Waals surface area contributed by atoms with Crippen LogP contribution in [0.3, 0.4) is 0 Å². The Bertz CT molecular complexity index is 789. The third kappa shape index (κ3) is 4.70. The number of hydrogen-bond acceptors (Lipinski definition) is 4. The van der Waals surface area contributed by atoms with Gasteiger partial charge >= 0.3 is 0 Å². The van der Waals surface area contributed by atoms with Crippen LogP contribution in [0.25, 0.3) is 0 Å². The van der Waals surface area contributed by atoms with Crippen molar-refractivity contribution < 1.29 is 13.9 Å². The zero-order chi connectivity index (χ0) is 19.2. The zero-order valence-corrected chi connectivity index (χ0v) is 15.9. The molecule has 144 valence electrons. The van der Waals surface area contributed by atoms with Crippen LogP contribution in [0.4, 0.5) is 15.8 Å². The van der Waals surface area contributed by atoms with Crippen LogP contribution in [0.2, 0.25) is 0 Å². The van der Waals surface area contributed by atoms with E-state index in [-0.39, 0.29) is 11.7 Å². The molecule has 2 aromatic carbocycles. The highest BCUT2D eigenvalue weighted by Gasteiger charge is 2.22. The van der Waals surface area contributed by atoms with Crippen LogP contribution in [-0.4, -0.2) is 50.6 Å². The lowest BCUT2D eigenvalue weighted by Crippen LogP contribution is -2.49. The summed E-state index contributed by atoms with van der Waals surface area (Å²) >= 11 is 0. The second-order valence-corrected chi connectivity index (χ2v) is 6.70. The second kappa shape index (κ2) is 8.75. The Hall–Kier alpha value is -2.76. The Morgan fingerprint density at radius 3 is 2.59 bits per heavy atom. The molecule has 5 nitrogen and oxygen atoms in total. The molecule has 1 amide bonds. The lowest BCUT2D eigenvalue weighted by atomic mass is 10.2. The predicted molar refractivity (Wildman–Crippen MR) is 106 cm³/mol. The monoisotopic (exact) mass is 371 g/mol. The Kier molecular flexibility index (Phi) is 6.16. The van der Waals surface area contributed by atoms with Gasteiger partial charge < -0.3 is 19.9 Å². The van der Waals surface area contributed by atoms with E-state index in [1.807, 2.05) is 41.0 Å². The first kappa shape index (κ1) is 19.0. The van der Waals surface area contributed by atoms with Crippen LogP contribution < -0.4 is 15.0 Å². The summed E-state index contributed by atoms with van der Waals surface area (Å²) in [6.45, 7) is 5.08. The van der Waals surface area contributed by atoms with Crippen LogP contribution in [0.5, 0.6) is 5.75 Å². The molecule has 0 saturated carbocycles. The van der Waals surface area contributed by atoms with Crippen molar-refractivity contribution in [2.24, 2.45) is 0 Å². The Morgan fingerprint density at radius 2 is 1.89 bits per heavy atom. The first-order chi connectivity index (χ1) is 13.1. The Morgan fingerprint density at radius 1 is 1.15 bits per heavy atom. The summed E-state index contributed by atoms with van der Waals surface area (Å²) in [7, 11) is 1.63. The maximum Gasteiger partial charge on any atom is 0.224 e. The van der Waals surface area contributed by atoms with E-state index in [9.17, 15) is 9.18 Å². The summed E-state index contributed by atoms with van der Waals surface area (Å²) in [6.07, 6.45) is 0.413. The van der Waals surface area contributed by atoms with Gasteiger partial charge in [-0.05, 0) is 36.8 Å². The molecular formula is C21H26FN3O2. The van der Waals surface area contributed by atoms with Crippen LogP contribution in [0.1, 0.15) is 12.0 Å². The Labute approximate surface area is 159 Å². The van der Waals surface area contributed by atoms with Gasteiger partial charge in [-0.2, -0.15) is 0 Å². The molecule has 0 aromatic heterocycles. The first-order valence-electron chi connectivity index (χ1n) is 9.24. The highest BCUT2D eigenvalue weighted by Crippen LogP contribution is 2.25. The van der Waals surface area contributed by atoms with Crippen molar-refractivity contribution in [2.75, 3.05) is 50.1 Å². The minimum absolute atomic E-state index is 0.113. The summed E-state index contributed by atoms with van der Waals surface area (Å²) in [4.78, 5) is 16.3. The minimum Gasteiger partial charge on any atom is -0.495 e. The van der Waals surface area contributed by atoms with E-state index in [1.165, 1.54) is 6.07 Å². The van der Waals surface area contributed by atoms with Crippen molar-refractivity contribution in [2.45, 2.75) is 13.3 Å². The quantitative estimate of drug-likeness (QED) is 0.846. The number of benzene rings is 2. The minimum atomic E-state index is -0.214. The standard InChI is InChI=1S/C21H26FN3O2/c1-16-7-8-20(27-2)18(15-16)23-10-9-21(26)25-13-11-24(12-14-25)19-6-4-3-5-17(19)22/h3-8,15,23H,9-14H2,1-2H3. The molecule has 1 N–H and O–H groups in total. The molecule has 0 aliphatic carbocycles. The number of carbonyl (C=O) groups is 1. The van der Waals surface area contributed by atoms with Gasteiger partial charge in [0, 0.05) is 39.1 Å². The fourth-order valence-electron chi connectivity index (χ4n) is 3.33. The fourth-order valence-corrected chi connectivity index (χ4v) is 3.33. The number of halogens is 1. The normalized spacial score (nSPS) is 14.2. The summed E-state index contributed by atoms with van der Waals surface area (Å²) in [5.74, 6) is 0.669. The van der Waals surface area contributed by atoms with E-state index in [1.54, 1.807) is 19.2 Å². The van der Waals surface area contributed by atoms with Gasteiger partial charge in [-0.25, -0.2) is 4.39 Å². The third-order valence-corrected chi connectivity index (χ3v) is 4.83. The number of ether oxygens (including phenoxy) is 1. The molecule has 1 heterocycles. The SMILES string of the molecule is COc1ccc(C)cc1NCCC(=O)N1CCN(c2ccccc2F)CC1. The topological polar surface area (TPSA) is 44.8 Å². The number of anilines is 2. The first-order valence-corrected chi connectivity index (χ1v) is 9.24. The second-order valence-electron chi connectivity index (χ2n) is 6.70. The lowest BCUT2D eigenvalue weighted by molar-refractivity contribution is -0.131. The molecule has 0 spiro atoms. The predicted octanol–water partition coefficient (Wildman–Crippen LogP) is 3.29. The maximum atomic E-state index is 13.9. The molecule has 0 radical (unpaired) electrons. The number of amides is 1. The van der Waals surface area contributed by atoms with Crippen molar-refractivity contribution in [1.29, 1.82) is 0 Å². The van der Waals surface area contributed by atoms with E-state index in [0.717, 1.165) is 17.0 Å².